The van der Waals surface area contributed by atoms with Crippen molar-refractivity contribution in [1.82, 2.24) is 5.32 Å². The summed E-state index contributed by atoms with van der Waals surface area (Å²) < 4.78 is 0. The van der Waals surface area contributed by atoms with Crippen LogP contribution in [0.15, 0.2) is 29.4 Å². The SMILES string of the molecule is CNC(=O)c1cccc(N=O)c1. The van der Waals surface area contributed by atoms with Crippen LogP contribution in [0.5, 0.6) is 0 Å². The molecule has 0 radical (unpaired) electrons. The van der Waals surface area contributed by atoms with Gasteiger partial charge in [0.15, 0.2) is 0 Å². The number of nitrogens with zero attached hydrogens (tertiary/aromatic N) is 1. The Hall–Kier alpha value is -1.71. The first-order valence-corrected chi connectivity index (χ1v) is 3.43. The smallest absolute Gasteiger partial charge is 0.251 e. The summed E-state index contributed by atoms with van der Waals surface area (Å²) in [6.07, 6.45) is 0. The van der Waals surface area contributed by atoms with Gasteiger partial charge >= 0.3 is 0 Å². The number of nitroso groups, excluding NO2 is 1. The van der Waals surface area contributed by atoms with Crippen LogP contribution in [0.2, 0.25) is 0 Å². The lowest BCUT2D eigenvalue weighted by Crippen LogP contribution is -2.17. The first-order chi connectivity index (χ1) is 5.77. The third-order valence-corrected chi connectivity index (χ3v) is 1.44. The Bertz CT molecular complexity index is 310. The van der Waals surface area contributed by atoms with Gasteiger partial charge in [-0.2, -0.15) is 0 Å². The van der Waals surface area contributed by atoms with E-state index in [1.165, 1.54) is 13.1 Å². The highest BCUT2D eigenvalue weighted by atomic mass is 16.3. The van der Waals surface area contributed by atoms with Crippen LogP contribution in [-0.4, -0.2) is 13.0 Å². The van der Waals surface area contributed by atoms with Crippen molar-refractivity contribution >= 4 is 11.6 Å². The second kappa shape index (κ2) is 3.61. The Labute approximate surface area is 69.6 Å². The molecule has 0 aliphatic rings. The predicted octanol–water partition coefficient (Wildman–Crippen LogP) is 1.44. The summed E-state index contributed by atoms with van der Waals surface area (Å²) in [7, 11) is 1.53. The molecule has 0 spiro atoms. The van der Waals surface area contributed by atoms with Crippen LogP contribution in [0.25, 0.3) is 0 Å². The highest BCUT2D eigenvalue weighted by Gasteiger charge is 2.02. The van der Waals surface area contributed by atoms with E-state index in [2.05, 4.69) is 10.5 Å². The molecule has 1 amide bonds. The van der Waals surface area contributed by atoms with E-state index in [9.17, 15) is 9.70 Å². The maximum absolute atomic E-state index is 11.0. The largest absolute Gasteiger partial charge is 0.355 e. The Morgan fingerprint density at radius 3 is 2.83 bits per heavy atom. The Morgan fingerprint density at radius 2 is 2.25 bits per heavy atom. The first kappa shape index (κ1) is 8.39. The van der Waals surface area contributed by atoms with E-state index < -0.39 is 0 Å². The average molecular weight is 164 g/mol. The van der Waals surface area contributed by atoms with Gasteiger partial charge in [-0.05, 0) is 23.4 Å². The van der Waals surface area contributed by atoms with Crippen molar-refractivity contribution in [2.24, 2.45) is 5.18 Å². The summed E-state index contributed by atoms with van der Waals surface area (Å²) in [6.45, 7) is 0. The van der Waals surface area contributed by atoms with E-state index in [1.807, 2.05) is 0 Å². The van der Waals surface area contributed by atoms with Crippen molar-refractivity contribution in [3.63, 3.8) is 0 Å². The van der Waals surface area contributed by atoms with Crippen molar-refractivity contribution in [3.8, 4) is 0 Å². The third kappa shape index (κ3) is 1.66. The van der Waals surface area contributed by atoms with Crippen LogP contribution in [0.4, 0.5) is 5.69 Å². The topological polar surface area (TPSA) is 58.5 Å². The van der Waals surface area contributed by atoms with Gasteiger partial charge in [0.05, 0.1) is 0 Å². The maximum atomic E-state index is 11.0. The van der Waals surface area contributed by atoms with Crippen LogP contribution in [0.3, 0.4) is 0 Å². The summed E-state index contributed by atoms with van der Waals surface area (Å²) in [6, 6.07) is 6.21. The van der Waals surface area contributed by atoms with E-state index >= 15 is 0 Å². The number of rotatable bonds is 2. The van der Waals surface area contributed by atoms with Gasteiger partial charge < -0.3 is 5.32 Å². The molecule has 0 aromatic heterocycles. The summed E-state index contributed by atoms with van der Waals surface area (Å²) in [5, 5.41) is 5.17. The fourth-order valence-electron chi connectivity index (χ4n) is 0.848. The van der Waals surface area contributed by atoms with Gasteiger partial charge in [0, 0.05) is 12.6 Å². The molecule has 1 aromatic rings. The Morgan fingerprint density at radius 1 is 1.50 bits per heavy atom. The van der Waals surface area contributed by atoms with Crippen LogP contribution < -0.4 is 5.32 Å². The summed E-state index contributed by atoms with van der Waals surface area (Å²) >= 11 is 0. The first-order valence-electron chi connectivity index (χ1n) is 3.43. The van der Waals surface area contributed by atoms with E-state index in [1.54, 1.807) is 18.2 Å². The standard InChI is InChI=1S/C8H8N2O2/c1-9-8(11)6-3-2-4-7(5-6)10-12/h2-5H,1H3,(H,9,11). The van der Waals surface area contributed by atoms with E-state index in [4.69, 9.17) is 0 Å². The van der Waals surface area contributed by atoms with Gasteiger partial charge in [-0.1, -0.05) is 6.07 Å². The second-order valence-corrected chi connectivity index (χ2v) is 2.22. The third-order valence-electron chi connectivity index (χ3n) is 1.44. The number of nitrogens with one attached hydrogen (secondary N) is 1. The number of carbonyl (C=O) groups is 1. The summed E-state index contributed by atoms with van der Waals surface area (Å²) in [5.74, 6) is -0.222. The fourth-order valence-corrected chi connectivity index (χ4v) is 0.848. The van der Waals surface area contributed by atoms with E-state index in [0.717, 1.165) is 0 Å². The van der Waals surface area contributed by atoms with Crippen LogP contribution in [0, 0.1) is 4.91 Å². The quantitative estimate of drug-likeness (QED) is 0.672. The van der Waals surface area contributed by atoms with Gasteiger partial charge in [-0.25, -0.2) is 0 Å². The lowest BCUT2D eigenvalue weighted by molar-refractivity contribution is 0.0963. The van der Waals surface area contributed by atoms with Gasteiger partial charge in [0.2, 0.25) is 0 Å². The number of hydrogen-bond acceptors (Lipinski definition) is 3. The number of hydrogen-bond donors (Lipinski definition) is 1. The number of benzene rings is 1. The van der Waals surface area contributed by atoms with Gasteiger partial charge in [-0.15, -0.1) is 4.91 Å². The molecule has 4 nitrogen and oxygen atoms in total. The summed E-state index contributed by atoms with van der Waals surface area (Å²) in [4.78, 5) is 21.1. The molecule has 1 N–H and O–H groups in total. The molecular weight excluding hydrogens is 156 g/mol. The molecule has 0 bridgehead atoms. The maximum Gasteiger partial charge on any atom is 0.251 e. The van der Waals surface area contributed by atoms with Crippen molar-refractivity contribution in [2.75, 3.05) is 7.05 Å². The monoisotopic (exact) mass is 164 g/mol. The molecule has 0 atom stereocenters. The minimum atomic E-state index is -0.222. The predicted molar refractivity (Wildman–Crippen MR) is 45.3 cm³/mol. The molecule has 0 heterocycles. The molecule has 0 aliphatic carbocycles. The number of carbonyl (C=O) groups excluding carboxylic acids is 1. The Kier molecular flexibility index (Phi) is 2.53. The number of amides is 1. The van der Waals surface area contributed by atoms with Crippen LogP contribution in [-0.2, 0) is 0 Å². The minimum absolute atomic E-state index is 0.222. The Balaban J connectivity index is 3.01. The molecule has 0 saturated carbocycles. The van der Waals surface area contributed by atoms with Gasteiger partial charge in [0.25, 0.3) is 5.91 Å². The molecule has 62 valence electrons. The fraction of sp³-hybridized carbons (Fsp3) is 0.125. The van der Waals surface area contributed by atoms with Gasteiger partial charge in [-0.3, -0.25) is 4.79 Å². The molecule has 0 unspecified atom stereocenters. The average Bonchev–Trinajstić information content (AvgIpc) is 2.17. The highest BCUT2D eigenvalue weighted by molar-refractivity contribution is 5.94. The van der Waals surface area contributed by atoms with Crippen molar-refractivity contribution in [3.05, 3.63) is 34.7 Å². The van der Waals surface area contributed by atoms with E-state index in [-0.39, 0.29) is 11.6 Å². The van der Waals surface area contributed by atoms with E-state index in [0.29, 0.717) is 5.56 Å². The van der Waals surface area contributed by atoms with Crippen molar-refractivity contribution in [2.45, 2.75) is 0 Å². The lowest BCUT2D eigenvalue weighted by Gasteiger charge is -1.98. The van der Waals surface area contributed by atoms with Gasteiger partial charge in [0.1, 0.15) is 5.69 Å². The molecule has 0 fully saturated rings. The highest BCUT2D eigenvalue weighted by Crippen LogP contribution is 2.12. The molecule has 12 heavy (non-hydrogen) atoms. The zero-order valence-electron chi connectivity index (χ0n) is 6.57. The minimum Gasteiger partial charge on any atom is -0.355 e. The molecule has 1 rings (SSSR count). The van der Waals surface area contributed by atoms with Crippen LogP contribution >= 0.6 is 0 Å². The molecule has 4 heteroatoms. The molecule has 1 aromatic carbocycles. The summed E-state index contributed by atoms with van der Waals surface area (Å²) in [5.41, 5.74) is 0.700. The van der Waals surface area contributed by atoms with Crippen LogP contribution in [0.1, 0.15) is 10.4 Å². The molecule has 0 saturated heterocycles. The van der Waals surface area contributed by atoms with Crippen molar-refractivity contribution in [1.29, 1.82) is 0 Å². The normalized spacial score (nSPS) is 9.08. The van der Waals surface area contributed by atoms with Crippen molar-refractivity contribution < 1.29 is 4.79 Å². The lowest BCUT2D eigenvalue weighted by atomic mass is 10.2. The zero-order valence-corrected chi connectivity index (χ0v) is 6.57. The molecule has 0 aliphatic heterocycles. The zero-order chi connectivity index (χ0) is 8.97. The molecular formula is C8H8N2O2. The second-order valence-electron chi connectivity index (χ2n) is 2.22.